The first-order chi connectivity index (χ1) is 10.6. The third kappa shape index (κ3) is 2.51. The standard InChI is InChI=1S/C16H11F2N3S/c1-9-2-4-13(16-15(9)10(7-19)8-20-16)21-22-14-5-3-11(17)6-12(14)18/h2-6,8,20-21H,1H3. The minimum atomic E-state index is -0.620. The van der Waals surface area contributed by atoms with E-state index in [0.29, 0.717) is 10.5 Å². The Labute approximate surface area is 130 Å². The normalized spacial score (nSPS) is 10.6. The van der Waals surface area contributed by atoms with E-state index in [-0.39, 0.29) is 0 Å². The molecule has 0 atom stereocenters. The number of nitrogens with zero attached hydrogens (tertiary/aromatic N) is 1. The number of aromatic nitrogens is 1. The summed E-state index contributed by atoms with van der Waals surface area (Å²) in [5.74, 6) is -1.23. The highest BCUT2D eigenvalue weighted by Gasteiger charge is 2.11. The van der Waals surface area contributed by atoms with E-state index in [2.05, 4.69) is 15.8 Å². The molecule has 3 nitrogen and oxygen atoms in total. The van der Waals surface area contributed by atoms with Crippen molar-refractivity contribution in [2.45, 2.75) is 11.8 Å². The number of nitriles is 1. The monoisotopic (exact) mass is 315 g/mol. The second kappa shape index (κ2) is 5.70. The Balaban J connectivity index is 1.93. The number of nitrogens with one attached hydrogen (secondary N) is 2. The Kier molecular flexibility index (Phi) is 3.73. The van der Waals surface area contributed by atoms with Crippen LogP contribution in [0.15, 0.2) is 41.4 Å². The van der Waals surface area contributed by atoms with Crippen LogP contribution in [0.2, 0.25) is 0 Å². The van der Waals surface area contributed by atoms with Crippen molar-refractivity contribution in [1.82, 2.24) is 4.98 Å². The molecule has 0 radical (unpaired) electrons. The molecule has 0 spiro atoms. The number of aromatic amines is 1. The van der Waals surface area contributed by atoms with E-state index in [0.717, 1.165) is 40.2 Å². The van der Waals surface area contributed by atoms with E-state index in [1.165, 1.54) is 12.1 Å². The number of hydrogen-bond acceptors (Lipinski definition) is 3. The van der Waals surface area contributed by atoms with E-state index in [4.69, 9.17) is 5.26 Å². The molecule has 0 amide bonds. The van der Waals surface area contributed by atoms with Gasteiger partial charge in [0.25, 0.3) is 0 Å². The van der Waals surface area contributed by atoms with E-state index < -0.39 is 11.6 Å². The highest BCUT2D eigenvalue weighted by molar-refractivity contribution is 8.00. The van der Waals surface area contributed by atoms with Gasteiger partial charge >= 0.3 is 0 Å². The van der Waals surface area contributed by atoms with Crippen LogP contribution in [0.5, 0.6) is 0 Å². The number of H-pyrrole nitrogens is 1. The molecule has 6 heteroatoms. The van der Waals surface area contributed by atoms with Crippen LogP contribution in [-0.2, 0) is 0 Å². The Morgan fingerprint density at radius 3 is 2.77 bits per heavy atom. The summed E-state index contributed by atoms with van der Waals surface area (Å²) in [6, 6.07) is 9.31. The van der Waals surface area contributed by atoms with E-state index in [1.54, 1.807) is 6.20 Å². The summed E-state index contributed by atoms with van der Waals surface area (Å²) in [5, 5.41) is 9.97. The van der Waals surface area contributed by atoms with Gasteiger partial charge in [-0.25, -0.2) is 8.78 Å². The number of fused-ring (bicyclic) bond motifs is 1. The van der Waals surface area contributed by atoms with Gasteiger partial charge in [0.15, 0.2) is 0 Å². The summed E-state index contributed by atoms with van der Waals surface area (Å²) >= 11 is 1.05. The van der Waals surface area contributed by atoms with Gasteiger partial charge in [-0.1, -0.05) is 6.07 Å². The summed E-state index contributed by atoms with van der Waals surface area (Å²) < 4.78 is 29.6. The smallest absolute Gasteiger partial charge is 0.141 e. The molecule has 110 valence electrons. The van der Waals surface area contributed by atoms with Gasteiger partial charge in [0.05, 0.1) is 21.7 Å². The molecule has 0 aliphatic rings. The molecule has 0 saturated heterocycles. The fourth-order valence-corrected chi connectivity index (χ4v) is 2.94. The van der Waals surface area contributed by atoms with Crippen LogP contribution in [0.4, 0.5) is 14.5 Å². The van der Waals surface area contributed by atoms with Gasteiger partial charge in [-0.05, 0) is 42.6 Å². The lowest BCUT2D eigenvalue weighted by Crippen LogP contribution is -1.92. The Morgan fingerprint density at radius 1 is 1.23 bits per heavy atom. The molecule has 0 fully saturated rings. The average molecular weight is 315 g/mol. The van der Waals surface area contributed by atoms with Crippen molar-refractivity contribution in [3.05, 3.63) is 59.3 Å². The third-order valence-electron chi connectivity index (χ3n) is 3.33. The lowest BCUT2D eigenvalue weighted by atomic mass is 10.1. The number of benzene rings is 2. The first-order valence-corrected chi connectivity index (χ1v) is 7.30. The first-order valence-electron chi connectivity index (χ1n) is 6.49. The maximum atomic E-state index is 13.6. The van der Waals surface area contributed by atoms with Gasteiger partial charge in [0.2, 0.25) is 0 Å². The van der Waals surface area contributed by atoms with Crippen molar-refractivity contribution < 1.29 is 8.78 Å². The molecule has 2 aromatic carbocycles. The lowest BCUT2D eigenvalue weighted by Gasteiger charge is -2.09. The third-order valence-corrected chi connectivity index (χ3v) is 4.20. The number of rotatable bonds is 3. The van der Waals surface area contributed by atoms with Crippen LogP contribution >= 0.6 is 11.9 Å². The molecule has 2 N–H and O–H groups in total. The summed E-state index contributed by atoms with van der Waals surface area (Å²) in [4.78, 5) is 3.35. The fourth-order valence-electron chi connectivity index (χ4n) is 2.26. The predicted octanol–water partition coefficient (Wildman–Crippen LogP) is 4.75. The van der Waals surface area contributed by atoms with Gasteiger partial charge in [0, 0.05) is 17.6 Å². The molecule has 0 unspecified atom stereocenters. The van der Waals surface area contributed by atoms with Gasteiger partial charge in [-0.3, -0.25) is 0 Å². The van der Waals surface area contributed by atoms with Crippen molar-refractivity contribution in [3.8, 4) is 6.07 Å². The molecular weight excluding hydrogens is 304 g/mol. The minimum Gasteiger partial charge on any atom is -0.358 e. The highest BCUT2D eigenvalue weighted by Crippen LogP contribution is 2.32. The number of anilines is 1. The number of aryl methyl sites for hydroxylation is 1. The quantitative estimate of drug-likeness (QED) is 0.686. The van der Waals surface area contributed by atoms with Crippen molar-refractivity contribution >= 4 is 28.5 Å². The largest absolute Gasteiger partial charge is 0.358 e. The van der Waals surface area contributed by atoms with Crippen LogP contribution in [-0.4, -0.2) is 4.98 Å². The molecule has 0 bridgehead atoms. The molecule has 0 aliphatic heterocycles. The number of halogens is 2. The fraction of sp³-hybridized carbons (Fsp3) is 0.0625. The van der Waals surface area contributed by atoms with Crippen LogP contribution in [0.3, 0.4) is 0 Å². The van der Waals surface area contributed by atoms with Crippen LogP contribution < -0.4 is 4.72 Å². The van der Waals surface area contributed by atoms with Gasteiger partial charge < -0.3 is 9.71 Å². The Hall–Kier alpha value is -2.52. The van der Waals surface area contributed by atoms with Crippen LogP contribution in [0.25, 0.3) is 10.9 Å². The molecule has 1 heterocycles. The van der Waals surface area contributed by atoms with Crippen LogP contribution in [0.1, 0.15) is 11.1 Å². The van der Waals surface area contributed by atoms with Crippen molar-refractivity contribution in [3.63, 3.8) is 0 Å². The summed E-state index contributed by atoms with van der Waals surface area (Å²) in [7, 11) is 0. The van der Waals surface area contributed by atoms with Crippen molar-refractivity contribution in [2.75, 3.05) is 4.72 Å². The lowest BCUT2D eigenvalue weighted by molar-refractivity contribution is 0.566. The first kappa shape index (κ1) is 14.4. The molecular formula is C16H11F2N3S. The molecule has 3 rings (SSSR count). The molecule has 22 heavy (non-hydrogen) atoms. The summed E-state index contributed by atoms with van der Waals surface area (Å²) in [5.41, 5.74) is 3.06. The highest BCUT2D eigenvalue weighted by atomic mass is 32.2. The molecule has 3 aromatic rings. The van der Waals surface area contributed by atoms with Gasteiger partial charge in [-0.15, -0.1) is 0 Å². The Bertz CT molecular complexity index is 896. The topological polar surface area (TPSA) is 51.6 Å². The second-order valence-electron chi connectivity index (χ2n) is 4.77. The van der Waals surface area contributed by atoms with Crippen molar-refractivity contribution in [1.29, 1.82) is 5.26 Å². The zero-order chi connectivity index (χ0) is 15.7. The van der Waals surface area contributed by atoms with Gasteiger partial charge in [0.1, 0.15) is 17.7 Å². The molecule has 1 aromatic heterocycles. The second-order valence-corrected chi connectivity index (χ2v) is 5.62. The Morgan fingerprint density at radius 2 is 2.05 bits per heavy atom. The molecule has 0 aliphatic carbocycles. The van der Waals surface area contributed by atoms with Crippen molar-refractivity contribution in [2.24, 2.45) is 0 Å². The average Bonchev–Trinajstić information content (AvgIpc) is 2.93. The van der Waals surface area contributed by atoms with E-state index >= 15 is 0 Å². The minimum absolute atomic E-state index is 0.294. The summed E-state index contributed by atoms with van der Waals surface area (Å²) in [6.45, 7) is 1.92. The zero-order valence-corrected chi connectivity index (χ0v) is 12.4. The van der Waals surface area contributed by atoms with E-state index in [1.807, 2.05) is 19.1 Å². The maximum absolute atomic E-state index is 13.6. The molecule has 0 saturated carbocycles. The maximum Gasteiger partial charge on any atom is 0.141 e. The van der Waals surface area contributed by atoms with Gasteiger partial charge in [-0.2, -0.15) is 5.26 Å². The summed E-state index contributed by atoms with van der Waals surface area (Å²) in [6.07, 6.45) is 1.64. The SMILES string of the molecule is Cc1ccc(NSc2ccc(F)cc2F)c2[nH]cc(C#N)c12. The predicted molar refractivity (Wildman–Crippen MR) is 83.6 cm³/mol. The van der Waals surface area contributed by atoms with E-state index in [9.17, 15) is 8.78 Å². The van der Waals surface area contributed by atoms with Crippen LogP contribution in [0, 0.1) is 29.9 Å². The number of hydrogen-bond donors (Lipinski definition) is 2. The zero-order valence-electron chi connectivity index (χ0n) is 11.6.